The average Bonchev–Trinajstić information content (AvgIpc) is 3.35. The van der Waals surface area contributed by atoms with Gasteiger partial charge in [0.25, 0.3) is 5.82 Å². The Morgan fingerprint density at radius 1 is 1.38 bits per heavy atom. The van der Waals surface area contributed by atoms with Gasteiger partial charge < -0.3 is 4.74 Å². The highest BCUT2D eigenvalue weighted by molar-refractivity contribution is 6.30. The van der Waals surface area contributed by atoms with Gasteiger partial charge in [0.1, 0.15) is 6.20 Å². The van der Waals surface area contributed by atoms with E-state index >= 15 is 0 Å². The molecule has 2 N–H and O–H groups in total. The average molecular weight is 357 g/mol. The van der Waals surface area contributed by atoms with Crippen LogP contribution in [-0.2, 0) is 10.3 Å². The van der Waals surface area contributed by atoms with E-state index in [1.165, 1.54) is 30.6 Å². The number of anilines is 2. The van der Waals surface area contributed by atoms with Gasteiger partial charge in [0, 0.05) is 6.20 Å². The van der Waals surface area contributed by atoms with Crippen molar-refractivity contribution < 1.29 is 22.9 Å². The number of hydrogen-bond donors (Lipinski definition) is 1. The minimum atomic E-state index is -4.67. The number of H-pyrrole nitrogens is 1. The number of aromatic amines is 1. The molecule has 8 heteroatoms. The summed E-state index contributed by atoms with van der Waals surface area (Å²) in [7, 11) is 0. The zero-order chi connectivity index (χ0) is 16.9. The normalized spacial score (nSPS) is 22.5. The second kappa shape index (κ2) is 5.32. The van der Waals surface area contributed by atoms with Gasteiger partial charge in [0.2, 0.25) is 11.4 Å². The molecule has 3 heterocycles. The standard InChI is InChI=1S/C16H13ClF3N3O/c17-10-6-12-14(22-7-10)23-13-11(2-1-5-21-13)15(12,16(18,19)20)24-8-9-3-4-9/h1-2,5-7,9H,3-4,8H2,(H,21,22,23)/p+1. The summed E-state index contributed by atoms with van der Waals surface area (Å²) in [5.74, 6) is 0.473. The summed E-state index contributed by atoms with van der Waals surface area (Å²) in [6.07, 6.45) is -0.0333. The molecule has 1 saturated carbocycles. The van der Waals surface area contributed by atoms with Crippen molar-refractivity contribution in [1.29, 1.82) is 0 Å². The highest BCUT2D eigenvalue weighted by Crippen LogP contribution is 2.54. The van der Waals surface area contributed by atoms with Crippen LogP contribution in [0.1, 0.15) is 24.0 Å². The number of rotatable bonds is 3. The first kappa shape index (κ1) is 15.7. The summed E-state index contributed by atoms with van der Waals surface area (Å²) in [5, 5.41) is 3.07. The number of fused-ring (bicyclic) bond motifs is 2. The van der Waals surface area contributed by atoms with E-state index in [9.17, 15) is 13.2 Å². The zero-order valence-corrected chi connectivity index (χ0v) is 13.2. The summed E-state index contributed by atoms with van der Waals surface area (Å²) in [4.78, 5) is 6.81. The van der Waals surface area contributed by atoms with Crippen molar-refractivity contribution >= 4 is 23.2 Å². The Bertz CT molecular complexity index is 794. The maximum absolute atomic E-state index is 14.3. The molecule has 1 unspecified atom stereocenters. The molecule has 1 fully saturated rings. The number of hydrogen-bond acceptors (Lipinski definition) is 3. The van der Waals surface area contributed by atoms with Crippen LogP contribution in [0.3, 0.4) is 0 Å². The van der Waals surface area contributed by atoms with Crippen molar-refractivity contribution in [3.63, 3.8) is 0 Å². The molecule has 0 saturated heterocycles. The van der Waals surface area contributed by atoms with Crippen molar-refractivity contribution in [2.24, 2.45) is 5.92 Å². The smallest absolute Gasteiger partial charge is 0.356 e. The largest absolute Gasteiger partial charge is 0.426 e. The molecule has 0 amide bonds. The molecular formula is C16H14ClF3N3O+. The lowest BCUT2D eigenvalue weighted by Crippen LogP contribution is -2.49. The molecule has 0 aromatic carbocycles. The topological polar surface area (TPSA) is 48.3 Å². The first-order valence-electron chi connectivity index (χ1n) is 7.57. The predicted octanol–water partition coefficient (Wildman–Crippen LogP) is 3.84. The monoisotopic (exact) mass is 356 g/mol. The number of nitrogens with one attached hydrogen (secondary N) is 2. The van der Waals surface area contributed by atoms with Crippen LogP contribution in [0.2, 0.25) is 5.02 Å². The van der Waals surface area contributed by atoms with Crippen LogP contribution in [0.5, 0.6) is 0 Å². The summed E-state index contributed by atoms with van der Waals surface area (Å²) in [6.45, 7) is 0.0415. The van der Waals surface area contributed by atoms with Crippen LogP contribution in [0.4, 0.5) is 24.8 Å². The number of pyridine rings is 2. The van der Waals surface area contributed by atoms with Crippen molar-refractivity contribution in [1.82, 2.24) is 4.98 Å². The molecule has 4 rings (SSSR count). The number of alkyl halides is 3. The number of halogens is 4. The van der Waals surface area contributed by atoms with Crippen LogP contribution >= 0.6 is 11.6 Å². The van der Waals surface area contributed by atoms with Crippen molar-refractivity contribution in [2.45, 2.75) is 24.6 Å². The molecule has 1 atom stereocenters. The van der Waals surface area contributed by atoms with Gasteiger partial charge in [-0.3, -0.25) is 0 Å². The third-order valence-corrected chi connectivity index (χ3v) is 4.57. The molecule has 0 bridgehead atoms. The van der Waals surface area contributed by atoms with Gasteiger partial charge in [-0.05, 0) is 37.0 Å². The SMILES string of the molecule is FC(F)(F)C1(OCC2CC2)c2cccnc2Nc2[nH+]cc(Cl)cc21. The molecule has 2 aliphatic rings. The highest BCUT2D eigenvalue weighted by atomic mass is 35.5. The van der Waals surface area contributed by atoms with E-state index in [2.05, 4.69) is 15.3 Å². The first-order valence-corrected chi connectivity index (χ1v) is 7.94. The van der Waals surface area contributed by atoms with Gasteiger partial charge in [-0.1, -0.05) is 11.6 Å². The molecule has 1 aliphatic carbocycles. The lowest BCUT2D eigenvalue weighted by Gasteiger charge is -2.38. The van der Waals surface area contributed by atoms with Crippen LogP contribution in [-0.4, -0.2) is 17.8 Å². The third kappa shape index (κ3) is 2.34. The lowest BCUT2D eigenvalue weighted by molar-refractivity contribution is -0.365. The second-order valence-corrected chi connectivity index (χ2v) is 6.50. The van der Waals surface area contributed by atoms with Crippen molar-refractivity contribution in [2.75, 3.05) is 11.9 Å². The summed E-state index contributed by atoms with van der Waals surface area (Å²) in [5.41, 5.74) is -2.73. The Morgan fingerprint density at radius 3 is 2.88 bits per heavy atom. The number of ether oxygens (including phenoxy) is 1. The molecule has 2 aromatic rings. The van der Waals surface area contributed by atoms with E-state index in [0.29, 0.717) is 0 Å². The van der Waals surface area contributed by atoms with Gasteiger partial charge >= 0.3 is 6.18 Å². The first-order chi connectivity index (χ1) is 11.4. The minimum absolute atomic E-state index is 0.0415. The second-order valence-electron chi connectivity index (χ2n) is 6.06. The summed E-state index contributed by atoms with van der Waals surface area (Å²) >= 11 is 5.96. The molecule has 1 aliphatic heterocycles. The van der Waals surface area contributed by atoms with E-state index in [0.717, 1.165) is 12.8 Å². The van der Waals surface area contributed by atoms with E-state index in [-0.39, 0.29) is 40.3 Å². The van der Waals surface area contributed by atoms with Gasteiger partial charge in [-0.2, -0.15) is 13.2 Å². The zero-order valence-electron chi connectivity index (χ0n) is 12.5. The maximum atomic E-state index is 14.3. The van der Waals surface area contributed by atoms with Crippen LogP contribution in [0, 0.1) is 5.92 Å². The quantitative estimate of drug-likeness (QED) is 0.909. The highest BCUT2D eigenvalue weighted by Gasteiger charge is 2.64. The van der Waals surface area contributed by atoms with Crippen LogP contribution in [0.25, 0.3) is 0 Å². The maximum Gasteiger partial charge on any atom is 0.426 e. The Morgan fingerprint density at radius 2 is 2.17 bits per heavy atom. The van der Waals surface area contributed by atoms with Gasteiger partial charge in [0.05, 0.1) is 22.8 Å². The van der Waals surface area contributed by atoms with Crippen molar-refractivity contribution in [3.05, 3.63) is 46.7 Å². The predicted molar refractivity (Wildman–Crippen MR) is 81.0 cm³/mol. The number of aromatic nitrogens is 2. The van der Waals surface area contributed by atoms with Crippen LogP contribution < -0.4 is 10.3 Å². The summed E-state index contributed by atoms with van der Waals surface area (Å²) < 4.78 is 48.5. The Labute approximate surface area is 141 Å². The third-order valence-electron chi connectivity index (χ3n) is 4.35. The Balaban J connectivity index is 1.96. The fourth-order valence-electron chi connectivity index (χ4n) is 2.97. The molecule has 0 radical (unpaired) electrons. The molecule has 4 nitrogen and oxygen atoms in total. The van der Waals surface area contributed by atoms with E-state index < -0.39 is 11.8 Å². The van der Waals surface area contributed by atoms with Gasteiger partial charge in [-0.25, -0.2) is 15.3 Å². The van der Waals surface area contributed by atoms with Gasteiger partial charge in [-0.15, -0.1) is 0 Å². The fourth-order valence-corrected chi connectivity index (χ4v) is 3.14. The molecule has 24 heavy (non-hydrogen) atoms. The van der Waals surface area contributed by atoms with E-state index in [1.54, 1.807) is 0 Å². The van der Waals surface area contributed by atoms with E-state index in [4.69, 9.17) is 16.3 Å². The molecule has 0 spiro atoms. The Hall–Kier alpha value is -1.86. The lowest BCUT2D eigenvalue weighted by atomic mass is 9.83. The fraction of sp³-hybridized carbons (Fsp3) is 0.375. The molecule has 126 valence electrons. The Kier molecular flexibility index (Phi) is 3.47. The van der Waals surface area contributed by atoms with Gasteiger partial charge in [0.15, 0.2) is 0 Å². The molecular weight excluding hydrogens is 343 g/mol. The summed E-state index contributed by atoms with van der Waals surface area (Å²) in [6, 6.07) is 4.15. The van der Waals surface area contributed by atoms with Crippen molar-refractivity contribution in [3.8, 4) is 0 Å². The minimum Gasteiger partial charge on any atom is -0.356 e. The molecule has 2 aromatic heterocycles. The number of nitrogens with zero attached hydrogens (tertiary/aromatic N) is 1. The van der Waals surface area contributed by atoms with E-state index in [1.807, 2.05) is 0 Å². The van der Waals surface area contributed by atoms with Crippen LogP contribution in [0.15, 0.2) is 30.6 Å².